The zero-order valence-electron chi connectivity index (χ0n) is 12.2. The topological polar surface area (TPSA) is 49.8 Å². The predicted octanol–water partition coefficient (Wildman–Crippen LogP) is 2.74. The Morgan fingerprint density at radius 2 is 2.10 bits per heavy atom. The molecule has 1 saturated heterocycles. The second kappa shape index (κ2) is 6.75. The molecule has 2 rings (SSSR count). The third kappa shape index (κ3) is 3.73. The van der Waals surface area contributed by atoms with E-state index in [1.807, 2.05) is 12.1 Å². The number of hydrogen-bond acceptors (Lipinski definition) is 3. The van der Waals surface area contributed by atoms with Crippen LogP contribution in [0.2, 0.25) is 0 Å². The van der Waals surface area contributed by atoms with Crippen LogP contribution in [-0.2, 0) is 4.79 Å². The molecule has 0 amide bonds. The van der Waals surface area contributed by atoms with Gasteiger partial charge in [-0.05, 0) is 49.9 Å². The number of nitrogens with zero attached hydrogens (tertiary/aromatic N) is 1. The first-order chi connectivity index (χ1) is 9.60. The first-order valence-electron chi connectivity index (χ1n) is 7.20. The molecule has 1 fully saturated rings. The van der Waals surface area contributed by atoms with Crippen LogP contribution in [0.3, 0.4) is 0 Å². The van der Waals surface area contributed by atoms with Gasteiger partial charge in [-0.25, -0.2) is 0 Å². The van der Waals surface area contributed by atoms with Crippen molar-refractivity contribution in [3.63, 3.8) is 0 Å². The van der Waals surface area contributed by atoms with Crippen molar-refractivity contribution in [2.24, 2.45) is 0 Å². The van der Waals surface area contributed by atoms with Crippen LogP contribution in [0, 0.1) is 0 Å². The van der Waals surface area contributed by atoms with Gasteiger partial charge in [0.2, 0.25) is 0 Å². The van der Waals surface area contributed by atoms with E-state index in [0.29, 0.717) is 12.0 Å². The number of aliphatic carboxylic acids is 1. The fraction of sp³-hybridized carbons (Fsp3) is 0.562. The van der Waals surface area contributed by atoms with Crippen molar-refractivity contribution in [3.05, 3.63) is 29.8 Å². The quantitative estimate of drug-likeness (QED) is 0.868. The lowest BCUT2D eigenvalue weighted by molar-refractivity contribution is -0.137. The molecule has 1 aromatic carbocycles. The summed E-state index contributed by atoms with van der Waals surface area (Å²) in [7, 11) is 1.68. The Hall–Kier alpha value is -1.55. The standard InChI is InChI=1S/C16H23NO3/c1-12-10-14(11-17(12)9-3-4-16(18)19)13-5-7-15(20-2)8-6-13/h5-8,12,14H,3-4,9-11H2,1-2H3,(H,18,19)/t12-,14+/m1/s1. The second-order valence-electron chi connectivity index (χ2n) is 5.55. The van der Waals surface area contributed by atoms with Gasteiger partial charge < -0.3 is 14.7 Å². The van der Waals surface area contributed by atoms with E-state index in [1.165, 1.54) is 5.56 Å². The van der Waals surface area contributed by atoms with Crippen LogP contribution in [0.25, 0.3) is 0 Å². The van der Waals surface area contributed by atoms with E-state index in [0.717, 1.165) is 31.7 Å². The molecule has 0 spiro atoms. The maximum absolute atomic E-state index is 10.6. The van der Waals surface area contributed by atoms with Crippen LogP contribution in [0.5, 0.6) is 5.75 Å². The highest BCUT2D eigenvalue weighted by molar-refractivity contribution is 5.66. The SMILES string of the molecule is COc1ccc([C@H]2C[C@@H](C)N(CCCC(=O)O)C2)cc1. The number of carbonyl (C=O) groups is 1. The monoisotopic (exact) mass is 277 g/mol. The molecule has 1 heterocycles. The average Bonchev–Trinajstić information content (AvgIpc) is 2.80. The van der Waals surface area contributed by atoms with E-state index in [1.54, 1.807) is 7.11 Å². The normalized spacial score (nSPS) is 22.9. The zero-order chi connectivity index (χ0) is 14.5. The predicted molar refractivity (Wildman–Crippen MR) is 78.3 cm³/mol. The molecule has 4 nitrogen and oxygen atoms in total. The van der Waals surface area contributed by atoms with Gasteiger partial charge in [-0.1, -0.05) is 12.1 Å². The molecule has 110 valence electrons. The van der Waals surface area contributed by atoms with Crippen molar-refractivity contribution in [2.45, 2.75) is 38.1 Å². The summed E-state index contributed by atoms with van der Waals surface area (Å²) in [5.74, 6) is 0.724. The number of likely N-dealkylation sites (tertiary alicyclic amines) is 1. The third-order valence-electron chi connectivity index (χ3n) is 4.13. The molecule has 1 N–H and O–H groups in total. The largest absolute Gasteiger partial charge is 0.497 e. The fourth-order valence-corrected chi connectivity index (χ4v) is 2.96. The van der Waals surface area contributed by atoms with Gasteiger partial charge in [0, 0.05) is 19.0 Å². The number of hydrogen-bond donors (Lipinski definition) is 1. The molecule has 2 atom stereocenters. The van der Waals surface area contributed by atoms with Crippen molar-refractivity contribution < 1.29 is 14.6 Å². The molecule has 4 heteroatoms. The van der Waals surface area contributed by atoms with Gasteiger partial charge in [0.15, 0.2) is 0 Å². The molecule has 1 aliphatic rings. The van der Waals surface area contributed by atoms with E-state index in [2.05, 4.69) is 24.0 Å². The van der Waals surface area contributed by atoms with Crippen molar-refractivity contribution >= 4 is 5.97 Å². The van der Waals surface area contributed by atoms with Gasteiger partial charge in [-0.3, -0.25) is 4.79 Å². The minimum absolute atomic E-state index is 0.260. The molecule has 0 radical (unpaired) electrons. The maximum Gasteiger partial charge on any atom is 0.303 e. The summed E-state index contributed by atoms with van der Waals surface area (Å²) in [6, 6.07) is 8.81. The highest BCUT2D eigenvalue weighted by atomic mass is 16.5. The summed E-state index contributed by atoms with van der Waals surface area (Å²) in [5.41, 5.74) is 1.35. The fourth-order valence-electron chi connectivity index (χ4n) is 2.96. The number of ether oxygens (including phenoxy) is 1. The second-order valence-corrected chi connectivity index (χ2v) is 5.55. The van der Waals surface area contributed by atoms with Crippen molar-refractivity contribution in [1.29, 1.82) is 0 Å². The number of methoxy groups -OCH3 is 1. The summed E-state index contributed by atoms with van der Waals surface area (Å²) in [4.78, 5) is 13.0. The summed E-state index contributed by atoms with van der Waals surface area (Å²) < 4.78 is 5.18. The number of rotatable bonds is 6. The van der Waals surface area contributed by atoms with Gasteiger partial charge in [-0.15, -0.1) is 0 Å². The average molecular weight is 277 g/mol. The Kier molecular flexibility index (Phi) is 5.01. The van der Waals surface area contributed by atoms with Crippen LogP contribution in [0.15, 0.2) is 24.3 Å². The Morgan fingerprint density at radius 1 is 1.40 bits per heavy atom. The van der Waals surface area contributed by atoms with Gasteiger partial charge in [0.1, 0.15) is 5.75 Å². The third-order valence-corrected chi connectivity index (χ3v) is 4.13. The first-order valence-corrected chi connectivity index (χ1v) is 7.20. The van der Waals surface area contributed by atoms with Crippen LogP contribution in [0.4, 0.5) is 0 Å². The van der Waals surface area contributed by atoms with Crippen LogP contribution in [-0.4, -0.2) is 42.2 Å². The van der Waals surface area contributed by atoms with Crippen LogP contribution < -0.4 is 4.74 Å². The lowest BCUT2D eigenvalue weighted by Gasteiger charge is -2.20. The maximum atomic E-state index is 10.6. The lowest BCUT2D eigenvalue weighted by atomic mass is 9.97. The molecular weight excluding hydrogens is 254 g/mol. The van der Waals surface area contributed by atoms with E-state index in [-0.39, 0.29) is 6.42 Å². The minimum atomic E-state index is -0.705. The highest BCUT2D eigenvalue weighted by Crippen LogP contribution is 2.32. The Balaban J connectivity index is 1.90. The molecule has 0 unspecified atom stereocenters. The van der Waals surface area contributed by atoms with E-state index in [4.69, 9.17) is 9.84 Å². The summed E-state index contributed by atoms with van der Waals surface area (Å²) >= 11 is 0. The summed E-state index contributed by atoms with van der Waals surface area (Å²) in [6.45, 7) is 4.12. The Morgan fingerprint density at radius 3 is 2.70 bits per heavy atom. The van der Waals surface area contributed by atoms with Gasteiger partial charge >= 0.3 is 5.97 Å². The highest BCUT2D eigenvalue weighted by Gasteiger charge is 2.29. The zero-order valence-corrected chi connectivity index (χ0v) is 12.2. The van der Waals surface area contributed by atoms with Gasteiger partial charge in [0.05, 0.1) is 7.11 Å². The van der Waals surface area contributed by atoms with Crippen molar-refractivity contribution in [3.8, 4) is 5.75 Å². The Labute approximate surface area is 120 Å². The minimum Gasteiger partial charge on any atom is -0.497 e. The van der Waals surface area contributed by atoms with E-state index >= 15 is 0 Å². The number of carboxylic acids is 1. The molecule has 0 aromatic heterocycles. The molecule has 0 bridgehead atoms. The summed E-state index contributed by atoms with van der Waals surface area (Å²) in [5, 5.41) is 8.70. The Bertz CT molecular complexity index is 444. The van der Waals surface area contributed by atoms with Crippen LogP contribution in [0.1, 0.15) is 37.7 Å². The number of carboxylic acid groups (broad SMARTS) is 1. The molecule has 0 saturated carbocycles. The molecule has 1 aromatic rings. The molecular formula is C16H23NO3. The van der Waals surface area contributed by atoms with E-state index in [9.17, 15) is 4.79 Å². The van der Waals surface area contributed by atoms with Gasteiger partial charge in [-0.2, -0.15) is 0 Å². The van der Waals surface area contributed by atoms with Crippen LogP contribution >= 0.6 is 0 Å². The van der Waals surface area contributed by atoms with Crippen molar-refractivity contribution in [1.82, 2.24) is 4.90 Å². The van der Waals surface area contributed by atoms with Crippen molar-refractivity contribution in [2.75, 3.05) is 20.2 Å². The van der Waals surface area contributed by atoms with E-state index < -0.39 is 5.97 Å². The van der Waals surface area contributed by atoms with Gasteiger partial charge in [0.25, 0.3) is 0 Å². The molecule has 1 aliphatic heterocycles. The smallest absolute Gasteiger partial charge is 0.303 e. The first kappa shape index (κ1) is 14.9. The number of benzene rings is 1. The summed E-state index contributed by atoms with van der Waals surface area (Å²) in [6.07, 6.45) is 2.13. The molecule has 20 heavy (non-hydrogen) atoms. The molecule has 0 aliphatic carbocycles. The lowest BCUT2D eigenvalue weighted by Crippen LogP contribution is -2.28.